The lowest BCUT2D eigenvalue weighted by Gasteiger charge is -2.19. The van der Waals surface area contributed by atoms with Crippen LogP contribution in [0.2, 0.25) is 0 Å². The van der Waals surface area contributed by atoms with Gasteiger partial charge in [0.05, 0.1) is 11.4 Å². The highest BCUT2D eigenvalue weighted by Crippen LogP contribution is 2.11. The van der Waals surface area contributed by atoms with Gasteiger partial charge in [-0.15, -0.1) is 0 Å². The number of hydrogen-bond donors (Lipinski definition) is 1. The van der Waals surface area contributed by atoms with Gasteiger partial charge >= 0.3 is 0 Å². The second-order valence-electron chi connectivity index (χ2n) is 4.47. The second-order valence-corrected chi connectivity index (χ2v) is 4.47. The first kappa shape index (κ1) is 11.4. The Morgan fingerprint density at radius 1 is 1.50 bits per heavy atom. The molecule has 1 unspecified atom stereocenters. The predicted molar refractivity (Wildman–Crippen MR) is 66.2 cm³/mol. The fraction of sp³-hybridized carbons (Fsp3) is 0.615. The van der Waals surface area contributed by atoms with Crippen molar-refractivity contribution in [3.05, 3.63) is 29.6 Å². The molecule has 0 saturated heterocycles. The van der Waals surface area contributed by atoms with Crippen molar-refractivity contribution in [2.75, 3.05) is 0 Å². The van der Waals surface area contributed by atoms with Crippen molar-refractivity contribution >= 4 is 0 Å². The molecule has 0 bridgehead atoms. The normalized spacial score (nSPS) is 20.2. The summed E-state index contributed by atoms with van der Waals surface area (Å²) in [6.07, 6.45) is 9.20. The van der Waals surface area contributed by atoms with Crippen LogP contribution in [0.4, 0.5) is 0 Å². The third-order valence-electron chi connectivity index (χ3n) is 3.23. The molecule has 1 aromatic rings. The number of rotatable bonds is 4. The fourth-order valence-electron chi connectivity index (χ4n) is 2.14. The summed E-state index contributed by atoms with van der Waals surface area (Å²) >= 11 is 0. The van der Waals surface area contributed by atoms with Gasteiger partial charge in [-0.1, -0.05) is 19.1 Å². The molecule has 1 atom stereocenters. The zero-order valence-electron chi connectivity index (χ0n) is 10.2. The highest BCUT2D eigenvalue weighted by molar-refractivity contribution is 5.10. The minimum Gasteiger partial charge on any atom is -0.308 e. The molecular weight excluding hydrogens is 198 g/mol. The maximum Gasteiger partial charge on any atom is 0.0625 e. The van der Waals surface area contributed by atoms with E-state index in [9.17, 15) is 0 Å². The van der Waals surface area contributed by atoms with Crippen LogP contribution >= 0.6 is 0 Å². The number of nitrogens with one attached hydrogen (secondary N) is 1. The number of nitrogens with zero attached hydrogens (tertiary/aromatic N) is 2. The van der Waals surface area contributed by atoms with E-state index in [1.807, 2.05) is 11.7 Å². The number of aromatic nitrogens is 2. The van der Waals surface area contributed by atoms with E-state index in [-0.39, 0.29) is 0 Å². The maximum absolute atomic E-state index is 4.46. The van der Waals surface area contributed by atoms with E-state index in [4.69, 9.17) is 0 Å². The highest BCUT2D eigenvalue weighted by Gasteiger charge is 2.10. The Bertz CT molecular complexity index is 365. The van der Waals surface area contributed by atoms with Crippen LogP contribution in [0.1, 0.15) is 37.6 Å². The van der Waals surface area contributed by atoms with Gasteiger partial charge in [0, 0.05) is 19.6 Å². The molecule has 3 nitrogen and oxygen atoms in total. The van der Waals surface area contributed by atoms with Crippen LogP contribution in [0.15, 0.2) is 18.2 Å². The lowest BCUT2D eigenvalue weighted by Crippen LogP contribution is -2.29. The average molecular weight is 219 g/mol. The van der Waals surface area contributed by atoms with Crippen LogP contribution in [-0.2, 0) is 20.0 Å². The van der Waals surface area contributed by atoms with Crippen LogP contribution in [0.25, 0.3) is 0 Å². The number of allylic oxidation sites excluding steroid dienone is 1. The third-order valence-corrected chi connectivity index (χ3v) is 3.23. The van der Waals surface area contributed by atoms with E-state index in [1.165, 1.54) is 30.7 Å². The quantitative estimate of drug-likeness (QED) is 0.787. The largest absolute Gasteiger partial charge is 0.308 e. The van der Waals surface area contributed by atoms with Gasteiger partial charge in [-0.2, -0.15) is 5.10 Å². The molecule has 0 aromatic carbocycles. The molecule has 1 N–H and O–H groups in total. The molecule has 0 fully saturated rings. The van der Waals surface area contributed by atoms with E-state index >= 15 is 0 Å². The molecule has 0 saturated carbocycles. The molecule has 1 aromatic heterocycles. The van der Waals surface area contributed by atoms with E-state index in [0.717, 1.165) is 13.0 Å². The summed E-state index contributed by atoms with van der Waals surface area (Å²) in [6, 6.07) is 2.84. The number of aryl methyl sites for hydroxylation is 2. The molecule has 16 heavy (non-hydrogen) atoms. The highest BCUT2D eigenvalue weighted by atomic mass is 15.3. The first-order valence-corrected chi connectivity index (χ1v) is 6.19. The van der Waals surface area contributed by atoms with E-state index in [0.29, 0.717) is 6.04 Å². The second kappa shape index (κ2) is 5.30. The van der Waals surface area contributed by atoms with Gasteiger partial charge in [0.1, 0.15) is 0 Å². The number of hydrogen-bond acceptors (Lipinski definition) is 2. The molecule has 3 heteroatoms. The Hall–Kier alpha value is -1.09. The van der Waals surface area contributed by atoms with Gasteiger partial charge in [-0.3, -0.25) is 4.68 Å². The summed E-state index contributed by atoms with van der Waals surface area (Å²) in [6.45, 7) is 3.08. The minimum absolute atomic E-state index is 0.643. The van der Waals surface area contributed by atoms with Crippen LogP contribution in [0.3, 0.4) is 0 Å². The SMILES string of the molecule is CCc1cc(CNC2CC=CCC2)n(C)n1. The van der Waals surface area contributed by atoms with Gasteiger partial charge in [-0.05, 0) is 31.7 Å². The van der Waals surface area contributed by atoms with Gasteiger partial charge in [0.15, 0.2) is 0 Å². The standard InChI is InChI=1S/C13H21N3/c1-3-11-9-13(16(2)15-11)10-14-12-7-5-4-6-8-12/h4-5,9,12,14H,3,6-8,10H2,1-2H3. The van der Waals surface area contributed by atoms with Crippen LogP contribution < -0.4 is 5.32 Å². The van der Waals surface area contributed by atoms with Crippen molar-refractivity contribution in [2.24, 2.45) is 7.05 Å². The first-order valence-electron chi connectivity index (χ1n) is 6.19. The van der Waals surface area contributed by atoms with E-state index in [2.05, 4.69) is 35.6 Å². The molecule has 1 heterocycles. The minimum atomic E-state index is 0.643. The van der Waals surface area contributed by atoms with Gasteiger partial charge in [0.25, 0.3) is 0 Å². The first-order chi connectivity index (χ1) is 7.79. The topological polar surface area (TPSA) is 29.9 Å². The van der Waals surface area contributed by atoms with Crippen LogP contribution in [0, 0.1) is 0 Å². The van der Waals surface area contributed by atoms with E-state index < -0.39 is 0 Å². The zero-order valence-corrected chi connectivity index (χ0v) is 10.2. The van der Waals surface area contributed by atoms with Crippen molar-refractivity contribution in [3.63, 3.8) is 0 Å². The average Bonchev–Trinajstić information content (AvgIpc) is 2.69. The van der Waals surface area contributed by atoms with Crippen molar-refractivity contribution in [1.29, 1.82) is 0 Å². The molecule has 2 rings (SSSR count). The Morgan fingerprint density at radius 2 is 2.38 bits per heavy atom. The Morgan fingerprint density at radius 3 is 3.00 bits per heavy atom. The summed E-state index contributed by atoms with van der Waals surface area (Å²) in [4.78, 5) is 0. The third kappa shape index (κ3) is 2.73. The summed E-state index contributed by atoms with van der Waals surface area (Å²) < 4.78 is 1.99. The van der Waals surface area contributed by atoms with Gasteiger partial charge in [-0.25, -0.2) is 0 Å². The Labute approximate surface area is 97.5 Å². The molecule has 1 aliphatic carbocycles. The predicted octanol–water partition coefficient (Wildman–Crippen LogP) is 2.18. The van der Waals surface area contributed by atoms with Crippen LogP contribution in [-0.4, -0.2) is 15.8 Å². The van der Waals surface area contributed by atoms with Crippen molar-refractivity contribution in [2.45, 2.75) is 45.2 Å². The molecule has 0 spiro atoms. The van der Waals surface area contributed by atoms with Crippen molar-refractivity contribution in [1.82, 2.24) is 15.1 Å². The van der Waals surface area contributed by atoms with Gasteiger partial charge < -0.3 is 5.32 Å². The Balaban J connectivity index is 1.88. The molecule has 0 aliphatic heterocycles. The van der Waals surface area contributed by atoms with E-state index in [1.54, 1.807) is 0 Å². The maximum atomic E-state index is 4.46. The smallest absolute Gasteiger partial charge is 0.0625 e. The zero-order chi connectivity index (χ0) is 11.4. The lowest BCUT2D eigenvalue weighted by molar-refractivity contribution is 0.464. The molecule has 0 radical (unpaired) electrons. The van der Waals surface area contributed by atoms with Crippen LogP contribution in [0.5, 0.6) is 0 Å². The molecule has 0 amide bonds. The Kier molecular flexibility index (Phi) is 3.78. The molecule has 88 valence electrons. The summed E-state index contributed by atoms with van der Waals surface area (Å²) in [5.41, 5.74) is 2.47. The summed E-state index contributed by atoms with van der Waals surface area (Å²) in [7, 11) is 2.02. The van der Waals surface area contributed by atoms with Gasteiger partial charge in [0.2, 0.25) is 0 Å². The molecular formula is C13H21N3. The fourth-order valence-corrected chi connectivity index (χ4v) is 2.14. The van der Waals surface area contributed by atoms with Crippen molar-refractivity contribution in [3.8, 4) is 0 Å². The molecule has 1 aliphatic rings. The van der Waals surface area contributed by atoms with Crippen molar-refractivity contribution < 1.29 is 0 Å². The lowest BCUT2D eigenvalue weighted by atomic mass is 10.0. The summed E-state index contributed by atoms with van der Waals surface area (Å²) in [5.74, 6) is 0. The summed E-state index contributed by atoms with van der Waals surface area (Å²) in [5, 5.41) is 8.06. The monoisotopic (exact) mass is 219 g/mol.